The lowest BCUT2D eigenvalue weighted by Gasteiger charge is -2.17. The highest BCUT2D eigenvalue weighted by Gasteiger charge is 2.08. The molecule has 4 nitrogen and oxygen atoms in total. The van der Waals surface area contributed by atoms with E-state index in [1.165, 1.54) is 0 Å². The van der Waals surface area contributed by atoms with Crippen LogP contribution in [-0.4, -0.2) is 37.1 Å². The Morgan fingerprint density at radius 1 is 1.35 bits per heavy atom. The van der Waals surface area contributed by atoms with Gasteiger partial charge < -0.3 is 15.5 Å². The molecule has 1 aromatic rings. The number of nitrogens with zero attached hydrogens (tertiary/aromatic N) is 1. The summed E-state index contributed by atoms with van der Waals surface area (Å²) in [6.07, 6.45) is 0.343. The fourth-order valence-electron chi connectivity index (χ4n) is 1.28. The number of likely N-dealkylation sites (N-methyl/N-ethyl adjacent to an activating group) is 1. The molecule has 0 radical (unpaired) electrons. The molecule has 1 rings (SSSR count). The number of amides is 1. The van der Waals surface area contributed by atoms with Crippen molar-refractivity contribution in [1.29, 1.82) is 0 Å². The van der Waals surface area contributed by atoms with Gasteiger partial charge >= 0.3 is 0 Å². The molecule has 2 N–H and O–H groups in total. The third-order valence-corrected chi connectivity index (χ3v) is 2.76. The molecular formula is C12H17N3OS. The maximum atomic E-state index is 11.4. The number of rotatable bonds is 3. The molecule has 92 valence electrons. The van der Waals surface area contributed by atoms with Crippen molar-refractivity contribution in [2.45, 2.75) is 6.42 Å². The van der Waals surface area contributed by atoms with Gasteiger partial charge in [0.1, 0.15) is 0 Å². The fourth-order valence-corrected chi connectivity index (χ4v) is 1.39. The summed E-state index contributed by atoms with van der Waals surface area (Å²) in [5, 5.41) is 6.34. The SMILES string of the molecule is CNC(=O)Cc1ccccc1NC(=S)N(C)C. The maximum Gasteiger partial charge on any atom is 0.224 e. The number of carbonyl (C=O) groups is 1. The molecule has 0 bridgehead atoms. The summed E-state index contributed by atoms with van der Waals surface area (Å²) >= 11 is 5.18. The third kappa shape index (κ3) is 4.03. The Morgan fingerprint density at radius 2 is 2.00 bits per heavy atom. The number of para-hydroxylation sites is 1. The maximum absolute atomic E-state index is 11.4. The zero-order valence-electron chi connectivity index (χ0n) is 10.3. The van der Waals surface area contributed by atoms with Gasteiger partial charge in [-0.15, -0.1) is 0 Å². The molecule has 0 aliphatic carbocycles. The molecule has 1 aromatic carbocycles. The monoisotopic (exact) mass is 251 g/mol. The predicted octanol–water partition coefficient (Wildman–Crippen LogP) is 1.23. The Bertz CT molecular complexity index is 418. The Kier molecular flexibility index (Phi) is 4.90. The fraction of sp³-hybridized carbons (Fsp3) is 0.333. The molecule has 0 spiro atoms. The summed E-state index contributed by atoms with van der Waals surface area (Å²) in [5.74, 6) is -0.0185. The van der Waals surface area contributed by atoms with E-state index in [1.54, 1.807) is 7.05 Å². The van der Waals surface area contributed by atoms with Crippen molar-refractivity contribution < 1.29 is 4.79 Å². The van der Waals surface area contributed by atoms with Gasteiger partial charge in [0.05, 0.1) is 6.42 Å². The van der Waals surface area contributed by atoms with Crippen molar-refractivity contribution in [2.24, 2.45) is 0 Å². The van der Waals surface area contributed by atoms with Crippen molar-refractivity contribution in [3.63, 3.8) is 0 Å². The van der Waals surface area contributed by atoms with Gasteiger partial charge in [0, 0.05) is 26.8 Å². The lowest BCUT2D eigenvalue weighted by atomic mass is 10.1. The Morgan fingerprint density at radius 3 is 2.59 bits per heavy atom. The van der Waals surface area contributed by atoms with Crippen LogP contribution in [0.1, 0.15) is 5.56 Å². The molecule has 0 saturated carbocycles. The van der Waals surface area contributed by atoms with E-state index in [4.69, 9.17) is 12.2 Å². The number of thiocarbonyl (C=S) groups is 1. The number of hydrogen-bond donors (Lipinski definition) is 2. The van der Waals surface area contributed by atoms with Crippen molar-refractivity contribution in [3.05, 3.63) is 29.8 Å². The zero-order chi connectivity index (χ0) is 12.8. The van der Waals surface area contributed by atoms with E-state index in [0.717, 1.165) is 11.3 Å². The van der Waals surface area contributed by atoms with Crippen LogP contribution < -0.4 is 10.6 Å². The minimum Gasteiger partial charge on any atom is -0.359 e. The van der Waals surface area contributed by atoms with Crippen molar-refractivity contribution in [3.8, 4) is 0 Å². The van der Waals surface area contributed by atoms with Crippen LogP contribution >= 0.6 is 12.2 Å². The Hall–Kier alpha value is -1.62. The van der Waals surface area contributed by atoms with Gasteiger partial charge in [0.15, 0.2) is 5.11 Å². The van der Waals surface area contributed by atoms with Gasteiger partial charge in [0.25, 0.3) is 0 Å². The first-order valence-electron chi connectivity index (χ1n) is 5.31. The van der Waals surface area contributed by atoms with E-state index in [9.17, 15) is 4.79 Å². The quantitative estimate of drug-likeness (QED) is 0.793. The van der Waals surface area contributed by atoms with Crippen LogP contribution in [0.25, 0.3) is 0 Å². The van der Waals surface area contributed by atoms with Gasteiger partial charge in [-0.1, -0.05) is 18.2 Å². The zero-order valence-corrected chi connectivity index (χ0v) is 11.1. The minimum atomic E-state index is -0.0185. The van der Waals surface area contributed by atoms with Gasteiger partial charge in [0.2, 0.25) is 5.91 Å². The van der Waals surface area contributed by atoms with Crippen LogP contribution in [0.4, 0.5) is 5.69 Å². The molecule has 0 heterocycles. The van der Waals surface area contributed by atoms with Crippen LogP contribution in [0, 0.1) is 0 Å². The molecule has 17 heavy (non-hydrogen) atoms. The van der Waals surface area contributed by atoms with Crippen LogP contribution in [0.3, 0.4) is 0 Å². The second-order valence-corrected chi connectivity index (χ2v) is 4.22. The predicted molar refractivity (Wildman–Crippen MR) is 74.1 cm³/mol. The van der Waals surface area contributed by atoms with Gasteiger partial charge in [-0.3, -0.25) is 4.79 Å². The standard InChI is InChI=1S/C12H17N3OS/c1-13-11(16)8-9-6-4-5-7-10(9)14-12(17)15(2)3/h4-7H,8H2,1-3H3,(H,13,16)(H,14,17). The molecule has 0 aromatic heterocycles. The number of carbonyl (C=O) groups excluding carboxylic acids is 1. The normalized spacial score (nSPS) is 9.59. The van der Waals surface area contributed by atoms with Crippen LogP contribution in [0.15, 0.2) is 24.3 Å². The number of anilines is 1. The second kappa shape index (κ2) is 6.20. The first-order chi connectivity index (χ1) is 8.04. The Balaban J connectivity index is 2.84. The molecule has 0 aliphatic heterocycles. The summed E-state index contributed by atoms with van der Waals surface area (Å²) in [4.78, 5) is 13.2. The Labute approximate surface area is 107 Å². The lowest BCUT2D eigenvalue weighted by Crippen LogP contribution is -2.28. The topological polar surface area (TPSA) is 44.4 Å². The van der Waals surface area contributed by atoms with E-state index < -0.39 is 0 Å². The molecule has 0 unspecified atom stereocenters. The molecule has 0 fully saturated rings. The highest BCUT2D eigenvalue weighted by Crippen LogP contribution is 2.16. The van der Waals surface area contributed by atoms with Gasteiger partial charge in [-0.25, -0.2) is 0 Å². The summed E-state index contributed by atoms with van der Waals surface area (Å²) in [5.41, 5.74) is 1.80. The molecule has 0 atom stereocenters. The van der Waals surface area contributed by atoms with Crippen LogP contribution in [-0.2, 0) is 11.2 Å². The average Bonchev–Trinajstić information content (AvgIpc) is 2.31. The van der Waals surface area contributed by atoms with Crippen molar-refractivity contribution in [2.75, 3.05) is 26.5 Å². The van der Waals surface area contributed by atoms with E-state index in [0.29, 0.717) is 11.5 Å². The largest absolute Gasteiger partial charge is 0.359 e. The summed E-state index contributed by atoms with van der Waals surface area (Å²) in [7, 11) is 5.37. The number of nitrogens with one attached hydrogen (secondary N) is 2. The summed E-state index contributed by atoms with van der Waals surface area (Å²) in [6.45, 7) is 0. The van der Waals surface area contributed by atoms with E-state index >= 15 is 0 Å². The van der Waals surface area contributed by atoms with E-state index in [2.05, 4.69) is 10.6 Å². The van der Waals surface area contributed by atoms with Gasteiger partial charge in [-0.2, -0.15) is 0 Å². The summed E-state index contributed by atoms with van der Waals surface area (Å²) < 4.78 is 0. The van der Waals surface area contributed by atoms with Crippen molar-refractivity contribution in [1.82, 2.24) is 10.2 Å². The molecule has 1 amide bonds. The first kappa shape index (κ1) is 13.4. The van der Waals surface area contributed by atoms with Crippen LogP contribution in [0.2, 0.25) is 0 Å². The molecule has 0 aliphatic rings. The molecular weight excluding hydrogens is 234 g/mol. The highest BCUT2D eigenvalue weighted by atomic mass is 32.1. The second-order valence-electron chi connectivity index (χ2n) is 3.83. The molecule has 5 heteroatoms. The minimum absolute atomic E-state index is 0.0185. The van der Waals surface area contributed by atoms with E-state index in [-0.39, 0.29) is 5.91 Å². The van der Waals surface area contributed by atoms with E-state index in [1.807, 2.05) is 43.3 Å². The number of hydrogen-bond acceptors (Lipinski definition) is 2. The average molecular weight is 251 g/mol. The third-order valence-electron chi connectivity index (χ3n) is 2.29. The smallest absolute Gasteiger partial charge is 0.224 e. The van der Waals surface area contributed by atoms with Gasteiger partial charge in [-0.05, 0) is 23.8 Å². The first-order valence-corrected chi connectivity index (χ1v) is 5.72. The van der Waals surface area contributed by atoms with Crippen molar-refractivity contribution >= 4 is 28.9 Å². The molecule has 0 saturated heterocycles. The number of benzene rings is 1. The summed E-state index contributed by atoms with van der Waals surface area (Å²) in [6, 6.07) is 7.64. The lowest BCUT2D eigenvalue weighted by molar-refractivity contribution is -0.119. The van der Waals surface area contributed by atoms with Crippen LogP contribution in [0.5, 0.6) is 0 Å². The highest BCUT2D eigenvalue weighted by molar-refractivity contribution is 7.80.